The van der Waals surface area contributed by atoms with Gasteiger partial charge in [0.25, 0.3) is 0 Å². The minimum Gasteiger partial charge on any atom is -0.481 e. The van der Waals surface area contributed by atoms with E-state index < -0.39 is 127 Å². The standard InChI is InChI=1S/C50H69N17O11/c1-27(68)61-34(10-5-21-58-49(53)54)43(73)64-36-16-18-40(69)57-20-4-9-33(42(52)72)62-48(78)39(24-30-26-60-32-8-3-2-7-31(30)32)67-44(74)35(11-6-22-59-50(55)56)63-47(77)38(23-28-12-14-29(25-51)15-13-28)66-46(76)37(65-45(36)75)17-19-41(70)71/h2-3,7-8,12-15,26,33-39,60H,4-6,9-11,16-24H2,1H3,(H2,52,72)(H,57,69)(H,61,68)(H,62,78)(H,63,77)(H,64,73)(H,65,75)(H,66,76)(H,67,74)(H,70,71)(H4,53,54,58)(H4,55,56,59)/t33?,34-,35-,36?,37-,38?,39-/m0/s1. The molecule has 0 saturated carbocycles. The van der Waals surface area contributed by atoms with E-state index in [1.165, 1.54) is 24.3 Å². The van der Waals surface area contributed by atoms with Gasteiger partial charge in [-0.2, -0.15) is 5.26 Å². The molecule has 1 saturated heterocycles. The van der Waals surface area contributed by atoms with E-state index in [2.05, 4.69) is 57.5 Å². The number of para-hydroxylation sites is 1. The Morgan fingerprint density at radius 3 is 1.96 bits per heavy atom. The highest BCUT2D eigenvalue weighted by molar-refractivity contribution is 5.98. The number of carboxylic acid groups (broad SMARTS) is 1. The number of amides is 9. The Balaban J connectivity index is 1.81. The van der Waals surface area contributed by atoms with Crippen LogP contribution in [0.3, 0.4) is 0 Å². The van der Waals surface area contributed by atoms with Crippen LogP contribution >= 0.6 is 0 Å². The van der Waals surface area contributed by atoms with Crippen molar-refractivity contribution in [2.75, 3.05) is 19.6 Å². The third kappa shape index (κ3) is 20.8. The normalized spacial score (nSPS) is 20.6. The molecule has 1 fully saturated rings. The van der Waals surface area contributed by atoms with Crippen LogP contribution < -0.4 is 71.2 Å². The maximum atomic E-state index is 14.7. The average molecular weight is 1080 g/mol. The van der Waals surface area contributed by atoms with Crippen LogP contribution in [0.1, 0.15) is 87.8 Å². The number of hydrogen-bond acceptors (Lipinski definition) is 13. The van der Waals surface area contributed by atoms with E-state index in [4.69, 9.17) is 28.7 Å². The second kappa shape index (κ2) is 30.9. The Morgan fingerprint density at radius 2 is 1.33 bits per heavy atom. The molecule has 1 aliphatic heterocycles. The molecule has 0 radical (unpaired) electrons. The fourth-order valence-electron chi connectivity index (χ4n) is 8.30. The van der Waals surface area contributed by atoms with E-state index in [1.54, 1.807) is 30.5 Å². The van der Waals surface area contributed by atoms with Gasteiger partial charge in [-0.05, 0) is 80.7 Å². The van der Waals surface area contributed by atoms with Gasteiger partial charge in [-0.3, -0.25) is 57.9 Å². The van der Waals surface area contributed by atoms with Crippen LogP contribution in [0.2, 0.25) is 0 Å². The van der Waals surface area contributed by atoms with E-state index in [1.807, 2.05) is 6.07 Å². The monoisotopic (exact) mass is 1080 g/mol. The zero-order valence-corrected chi connectivity index (χ0v) is 43.1. The first-order valence-corrected chi connectivity index (χ1v) is 25.2. The second-order valence-corrected chi connectivity index (χ2v) is 18.5. The number of hydrogen-bond donors (Lipinski definition) is 15. The molecule has 28 heteroatoms. The Bertz CT molecular complexity index is 2730. The summed E-state index contributed by atoms with van der Waals surface area (Å²) in [6, 6.07) is 4.75. The van der Waals surface area contributed by atoms with Crippen LogP contribution in [0.25, 0.3) is 10.9 Å². The number of primary amides is 1. The van der Waals surface area contributed by atoms with Gasteiger partial charge in [0.15, 0.2) is 11.9 Å². The Labute approximate surface area is 448 Å². The summed E-state index contributed by atoms with van der Waals surface area (Å²) >= 11 is 0. The van der Waals surface area contributed by atoms with Crippen LogP contribution in [-0.2, 0) is 60.8 Å². The number of carbonyl (C=O) groups is 10. The Kier molecular flexibility index (Phi) is 24.3. The molecule has 3 aromatic rings. The first-order valence-electron chi connectivity index (χ1n) is 25.2. The average Bonchev–Trinajstić information content (AvgIpc) is 3.81. The maximum absolute atomic E-state index is 14.7. The number of aliphatic carboxylic acids is 1. The minimum absolute atomic E-state index is 0.00683. The van der Waals surface area contributed by atoms with Gasteiger partial charge in [-0.1, -0.05) is 30.3 Å². The van der Waals surface area contributed by atoms with E-state index in [-0.39, 0.29) is 88.5 Å². The van der Waals surface area contributed by atoms with Crippen molar-refractivity contribution in [3.8, 4) is 6.07 Å². The molecule has 28 nitrogen and oxygen atoms in total. The van der Waals surface area contributed by atoms with Gasteiger partial charge in [0.1, 0.15) is 42.3 Å². The van der Waals surface area contributed by atoms with Gasteiger partial charge in [0.05, 0.1) is 11.6 Å². The summed E-state index contributed by atoms with van der Waals surface area (Å²) in [7, 11) is 0. The number of aromatic nitrogens is 1. The predicted molar refractivity (Wildman–Crippen MR) is 283 cm³/mol. The van der Waals surface area contributed by atoms with Crippen LogP contribution in [0, 0.1) is 11.3 Å². The van der Waals surface area contributed by atoms with Crippen molar-refractivity contribution in [2.45, 2.75) is 126 Å². The highest BCUT2D eigenvalue weighted by Crippen LogP contribution is 2.20. The number of nitrogens with one attached hydrogen (secondary N) is 9. The third-order valence-corrected chi connectivity index (χ3v) is 12.3. The second-order valence-electron chi connectivity index (χ2n) is 18.5. The number of nitriles is 1. The van der Waals surface area contributed by atoms with Gasteiger partial charge in [-0.15, -0.1) is 0 Å². The number of nitrogens with zero attached hydrogens (tertiary/aromatic N) is 3. The van der Waals surface area contributed by atoms with E-state index in [0.29, 0.717) is 11.1 Å². The molecule has 7 atom stereocenters. The predicted octanol–water partition coefficient (Wildman–Crippen LogP) is -3.61. The van der Waals surface area contributed by atoms with Crippen molar-refractivity contribution >= 4 is 82.0 Å². The van der Waals surface area contributed by atoms with E-state index in [9.17, 15) is 58.3 Å². The molecule has 1 aromatic heterocycles. The Hall–Kier alpha value is -9.29. The number of guanidine groups is 2. The maximum Gasteiger partial charge on any atom is 0.303 e. The number of H-pyrrole nitrogens is 1. The number of carbonyl (C=O) groups excluding carboxylic acids is 9. The number of aromatic amines is 1. The molecular formula is C50H69N17O11. The SMILES string of the molecule is CC(=O)N[C@@H](CCCN=C(N)N)C(=O)NC1CCC(=O)NCCCC(C(N)=O)NC(=O)[C@H](Cc2c[nH]c3ccccc23)NC(=O)[C@H](CCCN=C(N)N)NC(=O)C(Cc2ccc(C#N)cc2)NC(=O)[C@H](CCC(=O)O)NC1=O. The van der Waals surface area contributed by atoms with Gasteiger partial charge < -0.3 is 81.3 Å². The first-order chi connectivity index (χ1) is 37.1. The van der Waals surface area contributed by atoms with Crippen molar-refractivity contribution < 1.29 is 53.1 Å². The largest absolute Gasteiger partial charge is 0.481 e. The topological polar surface area (TPSA) is 482 Å². The van der Waals surface area contributed by atoms with Crippen LogP contribution in [0.15, 0.2) is 64.7 Å². The van der Waals surface area contributed by atoms with Crippen molar-refractivity contribution in [1.29, 1.82) is 5.26 Å². The zero-order valence-electron chi connectivity index (χ0n) is 43.1. The van der Waals surface area contributed by atoms with Crippen LogP contribution in [0.5, 0.6) is 0 Å². The lowest BCUT2D eigenvalue weighted by atomic mass is 10.0. The number of carboxylic acids is 1. The van der Waals surface area contributed by atoms with E-state index in [0.717, 1.165) is 17.8 Å². The highest BCUT2D eigenvalue weighted by atomic mass is 16.4. The van der Waals surface area contributed by atoms with Crippen LogP contribution in [-0.4, -0.2) is 143 Å². The number of rotatable bonds is 19. The molecule has 9 amide bonds. The molecule has 2 aromatic carbocycles. The molecule has 3 unspecified atom stereocenters. The Morgan fingerprint density at radius 1 is 0.744 bits per heavy atom. The number of aliphatic imine (C=N–C) groups is 2. The van der Waals surface area contributed by atoms with E-state index >= 15 is 0 Å². The molecule has 1 aliphatic rings. The summed E-state index contributed by atoms with van der Waals surface area (Å²) in [6.07, 6.45) is -0.753. The number of fused-ring (bicyclic) bond motifs is 1. The zero-order chi connectivity index (χ0) is 57.3. The molecule has 0 spiro atoms. The summed E-state index contributed by atoms with van der Waals surface area (Å²) in [6.45, 7) is 1.16. The summed E-state index contributed by atoms with van der Waals surface area (Å²) in [5.74, 6) is -9.71. The molecule has 0 bridgehead atoms. The molecule has 2 heterocycles. The molecule has 78 heavy (non-hydrogen) atoms. The molecular weight excluding hydrogens is 1010 g/mol. The quantitative estimate of drug-likeness (QED) is 0.0313. The first kappa shape index (κ1) is 61.3. The van der Waals surface area contributed by atoms with Gasteiger partial charge >= 0.3 is 5.97 Å². The fraction of sp³-hybridized carbons (Fsp3) is 0.460. The van der Waals surface area contributed by atoms with Crippen molar-refractivity contribution in [1.82, 2.24) is 47.5 Å². The molecule has 0 aliphatic carbocycles. The third-order valence-electron chi connectivity index (χ3n) is 12.3. The molecule has 4 rings (SSSR count). The minimum atomic E-state index is -1.72. The van der Waals surface area contributed by atoms with Crippen molar-refractivity contribution in [2.24, 2.45) is 38.7 Å². The lowest BCUT2D eigenvalue weighted by molar-refractivity contribution is -0.139. The number of nitrogens with two attached hydrogens (primary N) is 5. The van der Waals surface area contributed by atoms with Gasteiger partial charge in [-0.25, -0.2) is 0 Å². The summed E-state index contributed by atoms with van der Waals surface area (Å²) in [5, 5.41) is 40.6. The van der Waals surface area contributed by atoms with Crippen LogP contribution in [0.4, 0.5) is 0 Å². The van der Waals surface area contributed by atoms with Crippen molar-refractivity contribution in [3.63, 3.8) is 0 Å². The lowest BCUT2D eigenvalue weighted by Crippen LogP contribution is -2.60. The van der Waals surface area contributed by atoms with Crippen molar-refractivity contribution in [3.05, 3.63) is 71.4 Å². The van der Waals surface area contributed by atoms with Gasteiger partial charge in [0.2, 0.25) is 53.2 Å². The summed E-state index contributed by atoms with van der Waals surface area (Å²) < 4.78 is 0. The fourth-order valence-corrected chi connectivity index (χ4v) is 8.30. The lowest BCUT2D eigenvalue weighted by Gasteiger charge is -2.28. The smallest absolute Gasteiger partial charge is 0.303 e. The van der Waals surface area contributed by atoms with Gasteiger partial charge in [0, 0.05) is 69.3 Å². The highest BCUT2D eigenvalue weighted by Gasteiger charge is 2.35. The summed E-state index contributed by atoms with van der Waals surface area (Å²) in [4.78, 5) is 147. The molecule has 20 N–H and O–H groups in total. The summed E-state index contributed by atoms with van der Waals surface area (Å²) in [5.41, 5.74) is 29.7. The number of benzene rings is 2. The molecule has 420 valence electrons.